The van der Waals surface area contributed by atoms with Crippen LogP contribution in [0.4, 0.5) is 0 Å². The molecule has 5 heteroatoms. The Morgan fingerprint density at radius 1 is 1.36 bits per heavy atom. The quantitative estimate of drug-likeness (QED) is 0.852. The molecule has 1 aliphatic rings. The minimum absolute atomic E-state index is 0. The fourth-order valence-electron chi connectivity index (χ4n) is 3.17. The number of carbonyl (C=O) groups is 1. The third-order valence-electron chi connectivity index (χ3n) is 4.40. The van der Waals surface area contributed by atoms with E-state index in [-0.39, 0.29) is 24.4 Å². The second kappa shape index (κ2) is 8.76. The zero-order valence-corrected chi connectivity index (χ0v) is 14.7. The van der Waals surface area contributed by atoms with Gasteiger partial charge in [-0.05, 0) is 43.9 Å². The van der Waals surface area contributed by atoms with E-state index in [9.17, 15) is 4.79 Å². The van der Waals surface area contributed by atoms with Gasteiger partial charge in [-0.2, -0.15) is 0 Å². The fraction of sp³-hybridized carbons (Fsp3) is 0.588. The van der Waals surface area contributed by atoms with Crippen LogP contribution < -0.4 is 11.1 Å². The predicted octanol–water partition coefficient (Wildman–Crippen LogP) is 3.82. The lowest BCUT2D eigenvalue weighted by Crippen LogP contribution is -2.46. The first-order chi connectivity index (χ1) is 10.0. The van der Waals surface area contributed by atoms with Gasteiger partial charge in [-0.25, -0.2) is 0 Å². The third-order valence-corrected chi connectivity index (χ3v) is 4.64. The van der Waals surface area contributed by atoms with Gasteiger partial charge in [0.2, 0.25) is 5.91 Å². The Hall–Kier alpha value is -0.770. The Bertz CT molecular complexity index is 485. The molecule has 0 bridgehead atoms. The average Bonchev–Trinajstić information content (AvgIpc) is 2.47. The summed E-state index contributed by atoms with van der Waals surface area (Å²) in [5.74, 6) is 0.130. The highest BCUT2D eigenvalue weighted by Crippen LogP contribution is 2.40. The number of halogens is 2. The molecule has 2 rings (SSSR count). The van der Waals surface area contributed by atoms with Crippen LogP contribution in [0.3, 0.4) is 0 Å². The van der Waals surface area contributed by atoms with E-state index >= 15 is 0 Å². The maximum atomic E-state index is 12.8. The Labute approximate surface area is 144 Å². The van der Waals surface area contributed by atoms with Gasteiger partial charge in [0.15, 0.2) is 0 Å². The smallest absolute Gasteiger partial charge is 0.230 e. The molecule has 1 unspecified atom stereocenters. The predicted molar refractivity (Wildman–Crippen MR) is 94.7 cm³/mol. The van der Waals surface area contributed by atoms with Crippen LogP contribution in [0.1, 0.15) is 51.0 Å². The summed E-state index contributed by atoms with van der Waals surface area (Å²) in [6.45, 7) is 2.60. The molecule has 124 valence electrons. The van der Waals surface area contributed by atoms with E-state index in [1.165, 1.54) is 6.42 Å². The van der Waals surface area contributed by atoms with Crippen molar-refractivity contribution in [3.63, 3.8) is 0 Å². The van der Waals surface area contributed by atoms with Crippen molar-refractivity contribution < 1.29 is 4.79 Å². The normalized spacial score (nSPS) is 18.1. The van der Waals surface area contributed by atoms with E-state index in [2.05, 4.69) is 5.32 Å². The SMILES string of the molecule is CC(N)CCNC(=O)C1(c2cccc(Cl)c2)CCCCC1.Cl. The highest BCUT2D eigenvalue weighted by Gasteiger charge is 2.40. The van der Waals surface area contributed by atoms with Gasteiger partial charge in [0.05, 0.1) is 5.41 Å². The largest absolute Gasteiger partial charge is 0.355 e. The lowest BCUT2D eigenvalue weighted by atomic mass is 9.68. The molecule has 0 heterocycles. The Kier molecular flexibility index (Phi) is 7.67. The first-order valence-corrected chi connectivity index (χ1v) is 8.22. The molecule has 1 fully saturated rings. The first-order valence-electron chi connectivity index (χ1n) is 7.84. The van der Waals surface area contributed by atoms with E-state index in [1.807, 2.05) is 31.2 Å². The molecule has 22 heavy (non-hydrogen) atoms. The molecule has 1 saturated carbocycles. The van der Waals surface area contributed by atoms with E-state index in [1.54, 1.807) is 0 Å². The molecule has 1 aliphatic carbocycles. The van der Waals surface area contributed by atoms with Crippen molar-refractivity contribution in [1.82, 2.24) is 5.32 Å². The summed E-state index contributed by atoms with van der Waals surface area (Å²) >= 11 is 6.13. The van der Waals surface area contributed by atoms with Crippen LogP contribution >= 0.6 is 24.0 Å². The van der Waals surface area contributed by atoms with Crippen molar-refractivity contribution in [3.8, 4) is 0 Å². The second-order valence-electron chi connectivity index (χ2n) is 6.17. The summed E-state index contributed by atoms with van der Waals surface area (Å²) in [5, 5.41) is 3.78. The number of rotatable bonds is 5. The van der Waals surface area contributed by atoms with Crippen molar-refractivity contribution in [1.29, 1.82) is 0 Å². The minimum atomic E-state index is -0.416. The number of benzene rings is 1. The third kappa shape index (κ3) is 4.61. The van der Waals surface area contributed by atoms with Crippen LogP contribution in [-0.4, -0.2) is 18.5 Å². The molecular formula is C17H26Cl2N2O. The van der Waals surface area contributed by atoms with Crippen LogP contribution in [0, 0.1) is 0 Å². The molecule has 0 radical (unpaired) electrons. The van der Waals surface area contributed by atoms with E-state index in [0.717, 1.165) is 37.7 Å². The van der Waals surface area contributed by atoms with Gasteiger partial charge >= 0.3 is 0 Å². The van der Waals surface area contributed by atoms with Gasteiger partial charge in [0.25, 0.3) is 0 Å². The lowest BCUT2D eigenvalue weighted by Gasteiger charge is -2.36. The summed E-state index contributed by atoms with van der Waals surface area (Å²) in [7, 11) is 0. The van der Waals surface area contributed by atoms with Crippen molar-refractivity contribution >= 4 is 29.9 Å². The topological polar surface area (TPSA) is 55.1 Å². The summed E-state index contributed by atoms with van der Waals surface area (Å²) < 4.78 is 0. The van der Waals surface area contributed by atoms with Gasteiger partial charge in [0, 0.05) is 17.6 Å². The van der Waals surface area contributed by atoms with Gasteiger partial charge < -0.3 is 11.1 Å². The molecule has 1 aromatic carbocycles. The summed E-state index contributed by atoms with van der Waals surface area (Å²) in [6.07, 6.45) is 5.99. The molecule has 3 N–H and O–H groups in total. The molecule has 0 aromatic heterocycles. The molecule has 3 nitrogen and oxygen atoms in total. The van der Waals surface area contributed by atoms with Crippen molar-refractivity contribution in [3.05, 3.63) is 34.9 Å². The molecule has 1 atom stereocenters. The minimum Gasteiger partial charge on any atom is -0.355 e. The van der Waals surface area contributed by atoms with Crippen molar-refractivity contribution in [2.24, 2.45) is 5.73 Å². The summed E-state index contributed by atoms with van der Waals surface area (Å²) in [4.78, 5) is 12.8. The highest BCUT2D eigenvalue weighted by molar-refractivity contribution is 6.30. The van der Waals surface area contributed by atoms with E-state index in [0.29, 0.717) is 11.6 Å². The number of amides is 1. The van der Waals surface area contributed by atoms with Crippen LogP contribution in [0.15, 0.2) is 24.3 Å². The lowest BCUT2D eigenvalue weighted by molar-refractivity contribution is -0.128. The van der Waals surface area contributed by atoms with Crippen LogP contribution in [0.5, 0.6) is 0 Å². The van der Waals surface area contributed by atoms with E-state index < -0.39 is 5.41 Å². The number of nitrogens with two attached hydrogens (primary N) is 1. The van der Waals surface area contributed by atoms with Gasteiger partial charge in [-0.1, -0.05) is 43.0 Å². The number of nitrogens with one attached hydrogen (secondary N) is 1. The summed E-state index contributed by atoms with van der Waals surface area (Å²) in [5.41, 5.74) is 6.39. The van der Waals surface area contributed by atoms with Crippen molar-refractivity contribution in [2.75, 3.05) is 6.54 Å². The van der Waals surface area contributed by atoms with Gasteiger partial charge in [0.1, 0.15) is 0 Å². The van der Waals surface area contributed by atoms with Crippen LogP contribution in [0.2, 0.25) is 5.02 Å². The second-order valence-corrected chi connectivity index (χ2v) is 6.61. The highest BCUT2D eigenvalue weighted by atomic mass is 35.5. The van der Waals surface area contributed by atoms with Gasteiger partial charge in [-0.15, -0.1) is 12.4 Å². The Balaban J connectivity index is 0.00000242. The number of hydrogen-bond acceptors (Lipinski definition) is 2. The summed E-state index contributed by atoms with van der Waals surface area (Å²) in [6, 6.07) is 7.87. The number of hydrogen-bond donors (Lipinski definition) is 2. The van der Waals surface area contributed by atoms with E-state index in [4.69, 9.17) is 17.3 Å². The van der Waals surface area contributed by atoms with Crippen molar-refractivity contribution in [2.45, 2.75) is 56.9 Å². The van der Waals surface area contributed by atoms with Crippen LogP contribution in [-0.2, 0) is 10.2 Å². The maximum Gasteiger partial charge on any atom is 0.230 e. The fourth-order valence-corrected chi connectivity index (χ4v) is 3.36. The average molecular weight is 345 g/mol. The Morgan fingerprint density at radius 3 is 2.64 bits per heavy atom. The first kappa shape index (κ1) is 19.3. The molecule has 0 saturated heterocycles. The van der Waals surface area contributed by atoms with Crippen LogP contribution in [0.25, 0.3) is 0 Å². The monoisotopic (exact) mass is 344 g/mol. The molecule has 1 aromatic rings. The standard InChI is InChI=1S/C17H25ClN2O.ClH/c1-13(19)8-11-20-16(21)17(9-3-2-4-10-17)14-6-5-7-15(18)12-14;/h5-7,12-13H,2-4,8-11,19H2,1H3,(H,20,21);1H. The number of carbonyl (C=O) groups excluding carboxylic acids is 1. The molecule has 0 spiro atoms. The zero-order valence-electron chi connectivity index (χ0n) is 13.1. The Morgan fingerprint density at radius 2 is 2.05 bits per heavy atom. The zero-order chi connectivity index (χ0) is 15.3. The molecule has 1 amide bonds. The molecular weight excluding hydrogens is 319 g/mol. The van der Waals surface area contributed by atoms with Gasteiger partial charge in [-0.3, -0.25) is 4.79 Å². The maximum absolute atomic E-state index is 12.8. The molecule has 0 aliphatic heterocycles.